The third-order valence-corrected chi connectivity index (χ3v) is 4.94. The van der Waals surface area contributed by atoms with Crippen LogP contribution >= 0.6 is 0 Å². The lowest BCUT2D eigenvalue weighted by molar-refractivity contribution is 0.0986. The van der Waals surface area contributed by atoms with Crippen LogP contribution in [0.25, 0.3) is 5.69 Å². The maximum atomic E-state index is 12.6. The Hall–Kier alpha value is -2.48. The molecule has 2 aliphatic heterocycles. The van der Waals surface area contributed by atoms with Gasteiger partial charge < -0.3 is 10.2 Å². The van der Waals surface area contributed by atoms with E-state index in [9.17, 15) is 13.6 Å². The zero-order chi connectivity index (χ0) is 18.1. The first-order valence-electron chi connectivity index (χ1n) is 8.77. The predicted molar refractivity (Wildman–Crippen MR) is 92.2 cm³/mol. The molecule has 8 heteroatoms. The molecular formula is C18H21F2N5O. The third-order valence-electron chi connectivity index (χ3n) is 4.94. The number of nitrogens with one attached hydrogen (secondary N) is 1. The summed E-state index contributed by atoms with van der Waals surface area (Å²) in [7, 11) is 0. The number of nitrogens with zero attached hydrogens (tertiary/aromatic N) is 4. The molecule has 4 rings (SSSR count). The quantitative estimate of drug-likeness (QED) is 0.909. The number of carbonyl (C=O) groups excluding carboxylic acids is 1. The van der Waals surface area contributed by atoms with Gasteiger partial charge in [-0.3, -0.25) is 4.90 Å². The summed E-state index contributed by atoms with van der Waals surface area (Å²) in [6.45, 7) is 1.85. The first-order valence-corrected chi connectivity index (χ1v) is 8.77. The summed E-state index contributed by atoms with van der Waals surface area (Å²) in [6, 6.07) is 9.59. The van der Waals surface area contributed by atoms with E-state index < -0.39 is 6.43 Å². The van der Waals surface area contributed by atoms with Gasteiger partial charge >= 0.3 is 6.03 Å². The Morgan fingerprint density at radius 2 is 2.08 bits per heavy atom. The fourth-order valence-corrected chi connectivity index (χ4v) is 3.66. The topological polar surface area (TPSA) is 53.4 Å². The van der Waals surface area contributed by atoms with E-state index in [4.69, 9.17) is 0 Å². The number of hydrogen-bond donors (Lipinski definition) is 1. The largest absolute Gasteiger partial charge is 0.334 e. The van der Waals surface area contributed by atoms with Gasteiger partial charge in [0.05, 0.1) is 37.2 Å². The van der Waals surface area contributed by atoms with Gasteiger partial charge in [-0.1, -0.05) is 18.2 Å². The van der Waals surface area contributed by atoms with Crippen LogP contribution in [0.5, 0.6) is 0 Å². The predicted octanol–water partition coefficient (Wildman–Crippen LogP) is 2.24. The molecule has 138 valence electrons. The van der Waals surface area contributed by atoms with Crippen LogP contribution in [0.2, 0.25) is 0 Å². The molecule has 1 saturated heterocycles. The molecule has 2 amide bonds. The highest BCUT2D eigenvalue weighted by molar-refractivity contribution is 5.75. The number of carbonyl (C=O) groups is 1. The van der Waals surface area contributed by atoms with Crippen LogP contribution in [0.15, 0.2) is 36.5 Å². The molecule has 0 saturated carbocycles. The highest BCUT2D eigenvalue weighted by Crippen LogP contribution is 2.25. The molecular weight excluding hydrogens is 340 g/mol. The second kappa shape index (κ2) is 7.03. The van der Waals surface area contributed by atoms with E-state index >= 15 is 0 Å². The molecule has 2 aliphatic rings. The van der Waals surface area contributed by atoms with E-state index in [-0.39, 0.29) is 18.6 Å². The first kappa shape index (κ1) is 17.0. The van der Waals surface area contributed by atoms with Gasteiger partial charge in [-0.15, -0.1) is 0 Å². The van der Waals surface area contributed by atoms with Crippen LogP contribution in [0.3, 0.4) is 0 Å². The number of likely N-dealkylation sites (tertiary alicyclic amines) is 1. The molecule has 1 aromatic carbocycles. The second-order valence-electron chi connectivity index (χ2n) is 6.81. The Kier molecular flexibility index (Phi) is 4.58. The molecule has 3 heterocycles. The lowest BCUT2D eigenvalue weighted by Gasteiger charge is -2.21. The van der Waals surface area contributed by atoms with E-state index in [0.29, 0.717) is 32.6 Å². The van der Waals surface area contributed by atoms with Gasteiger partial charge in [0.25, 0.3) is 6.43 Å². The fraction of sp³-hybridized carbons (Fsp3) is 0.444. The lowest BCUT2D eigenvalue weighted by Crippen LogP contribution is -2.44. The van der Waals surface area contributed by atoms with Crippen molar-refractivity contribution in [3.05, 3.63) is 47.8 Å². The molecule has 0 spiro atoms. The van der Waals surface area contributed by atoms with Crippen LogP contribution in [0.1, 0.15) is 17.7 Å². The van der Waals surface area contributed by atoms with Crippen molar-refractivity contribution in [1.29, 1.82) is 0 Å². The van der Waals surface area contributed by atoms with E-state index in [1.165, 1.54) is 0 Å². The van der Waals surface area contributed by atoms with E-state index in [2.05, 4.69) is 10.4 Å². The highest BCUT2D eigenvalue weighted by Gasteiger charge is 2.31. The number of aromatic nitrogens is 2. The minimum atomic E-state index is -2.33. The van der Waals surface area contributed by atoms with Gasteiger partial charge in [-0.2, -0.15) is 5.10 Å². The van der Waals surface area contributed by atoms with E-state index in [1.807, 2.05) is 35.0 Å². The van der Waals surface area contributed by atoms with Crippen LogP contribution in [-0.4, -0.2) is 57.7 Å². The highest BCUT2D eigenvalue weighted by atomic mass is 19.3. The number of hydrogen-bond acceptors (Lipinski definition) is 3. The van der Waals surface area contributed by atoms with Crippen LogP contribution in [0, 0.1) is 0 Å². The van der Waals surface area contributed by atoms with Crippen molar-refractivity contribution in [2.45, 2.75) is 32.0 Å². The van der Waals surface area contributed by atoms with Crippen molar-refractivity contribution in [3.8, 4) is 5.69 Å². The average molecular weight is 361 g/mol. The Labute approximate surface area is 150 Å². The molecule has 1 fully saturated rings. The van der Waals surface area contributed by atoms with E-state index in [1.54, 1.807) is 16.0 Å². The molecule has 2 aromatic rings. The summed E-state index contributed by atoms with van der Waals surface area (Å²) in [4.78, 5) is 16.0. The normalized spacial score (nSPS) is 20.0. The van der Waals surface area contributed by atoms with Gasteiger partial charge in [0, 0.05) is 24.7 Å². The van der Waals surface area contributed by atoms with Gasteiger partial charge in [0.2, 0.25) is 0 Å². The van der Waals surface area contributed by atoms with Crippen molar-refractivity contribution in [2.24, 2.45) is 0 Å². The molecule has 0 bridgehead atoms. The minimum Gasteiger partial charge on any atom is -0.334 e. The zero-order valence-electron chi connectivity index (χ0n) is 14.3. The van der Waals surface area contributed by atoms with Crippen molar-refractivity contribution < 1.29 is 13.6 Å². The maximum absolute atomic E-state index is 12.6. The van der Waals surface area contributed by atoms with Crippen molar-refractivity contribution in [1.82, 2.24) is 24.9 Å². The smallest absolute Gasteiger partial charge is 0.318 e. The minimum absolute atomic E-state index is 0.0735. The summed E-state index contributed by atoms with van der Waals surface area (Å²) in [5, 5.41) is 7.40. The number of alkyl halides is 2. The summed E-state index contributed by atoms with van der Waals surface area (Å²) in [5.41, 5.74) is 3.02. The number of fused-ring (bicyclic) bond motifs is 1. The number of rotatable bonds is 4. The number of amides is 2. The Morgan fingerprint density at radius 1 is 1.27 bits per heavy atom. The Morgan fingerprint density at radius 3 is 2.85 bits per heavy atom. The number of benzene rings is 1. The molecule has 26 heavy (non-hydrogen) atoms. The molecule has 1 aromatic heterocycles. The lowest BCUT2D eigenvalue weighted by atomic mass is 10.3. The maximum Gasteiger partial charge on any atom is 0.318 e. The Bertz CT molecular complexity index is 779. The molecule has 6 nitrogen and oxygen atoms in total. The van der Waals surface area contributed by atoms with Crippen LogP contribution in [0.4, 0.5) is 13.6 Å². The molecule has 0 radical (unpaired) electrons. The van der Waals surface area contributed by atoms with Crippen LogP contribution in [-0.2, 0) is 13.1 Å². The van der Waals surface area contributed by atoms with Gasteiger partial charge in [-0.25, -0.2) is 18.3 Å². The molecule has 0 aliphatic carbocycles. The summed E-state index contributed by atoms with van der Waals surface area (Å²) in [5.74, 6) is 0. The number of halogens is 2. The average Bonchev–Trinajstić information content (AvgIpc) is 3.30. The standard InChI is InChI=1S/C18H21F2N5O/c19-17(20)12-23-7-6-14(10-23)22-18(26)24-9-13-8-21-25(16(13)11-24)15-4-2-1-3-5-15/h1-5,8,14,17H,6-7,9-12H2,(H,22,26). The fourth-order valence-electron chi connectivity index (χ4n) is 3.66. The molecule has 1 unspecified atom stereocenters. The van der Waals surface area contributed by atoms with Crippen molar-refractivity contribution >= 4 is 6.03 Å². The first-order chi connectivity index (χ1) is 12.6. The number of urea groups is 1. The van der Waals surface area contributed by atoms with Crippen LogP contribution < -0.4 is 5.32 Å². The summed E-state index contributed by atoms with van der Waals surface area (Å²) in [6.07, 6.45) is 0.172. The monoisotopic (exact) mass is 361 g/mol. The second-order valence-corrected chi connectivity index (χ2v) is 6.81. The molecule has 1 atom stereocenters. The SMILES string of the molecule is O=C(NC1CCN(CC(F)F)C1)N1Cc2cnn(-c3ccccc3)c2C1. The zero-order valence-corrected chi connectivity index (χ0v) is 14.3. The van der Waals surface area contributed by atoms with Gasteiger partial charge in [-0.05, 0) is 18.6 Å². The summed E-state index contributed by atoms with van der Waals surface area (Å²) >= 11 is 0. The van der Waals surface area contributed by atoms with Gasteiger partial charge in [0.15, 0.2) is 0 Å². The third kappa shape index (κ3) is 3.41. The van der Waals surface area contributed by atoms with E-state index in [0.717, 1.165) is 16.9 Å². The van der Waals surface area contributed by atoms with Gasteiger partial charge in [0.1, 0.15) is 0 Å². The number of para-hydroxylation sites is 1. The Balaban J connectivity index is 1.37. The van der Waals surface area contributed by atoms with Crippen molar-refractivity contribution in [3.63, 3.8) is 0 Å². The molecule has 1 N–H and O–H groups in total. The van der Waals surface area contributed by atoms with Crippen molar-refractivity contribution in [2.75, 3.05) is 19.6 Å². The summed E-state index contributed by atoms with van der Waals surface area (Å²) < 4.78 is 26.8.